The van der Waals surface area contributed by atoms with E-state index in [4.69, 9.17) is 0 Å². The standard InChI is InChI=1S/C13H15N/c1-4-9-14-10-12(3)13-7-5-11(2)6-8-13/h4-10H,3H2,1-2H3/b9-4-,14-10-. The van der Waals surface area contributed by atoms with Crippen molar-refractivity contribution >= 4 is 11.8 Å². The fourth-order valence-electron chi connectivity index (χ4n) is 1.06. The molecule has 0 saturated heterocycles. The molecule has 0 atom stereocenters. The minimum Gasteiger partial charge on any atom is -0.264 e. The van der Waals surface area contributed by atoms with Crippen LogP contribution in [0.1, 0.15) is 18.1 Å². The maximum Gasteiger partial charge on any atom is 0.0340 e. The van der Waals surface area contributed by atoms with Gasteiger partial charge in [-0.2, -0.15) is 0 Å². The molecule has 1 rings (SSSR count). The molecule has 0 fully saturated rings. The SMILES string of the molecule is C=C(/C=N\C=C/C)c1ccc(C)cc1. The van der Waals surface area contributed by atoms with Crippen LogP contribution in [0.2, 0.25) is 0 Å². The smallest absolute Gasteiger partial charge is 0.0340 e. The number of rotatable bonds is 3. The van der Waals surface area contributed by atoms with Gasteiger partial charge in [-0.05, 0) is 25.0 Å². The molecule has 0 aromatic heterocycles. The molecule has 0 spiro atoms. The summed E-state index contributed by atoms with van der Waals surface area (Å²) in [6, 6.07) is 8.26. The normalized spacial score (nSPS) is 11.3. The molecular weight excluding hydrogens is 170 g/mol. The number of benzene rings is 1. The highest BCUT2D eigenvalue weighted by molar-refractivity contribution is 6.08. The van der Waals surface area contributed by atoms with E-state index in [1.165, 1.54) is 5.56 Å². The number of hydrogen-bond acceptors (Lipinski definition) is 1. The van der Waals surface area contributed by atoms with Gasteiger partial charge < -0.3 is 0 Å². The van der Waals surface area contributed by atoms with Crippen molar-refractivity contribution in [3.63, 3.8) is 0 Å². The maximum atomic E-state index is 4.08. The number of hydrogen-bond donors (Lipinski definition) is 0. The molecule has 1 aromatic carbocycles. The average molecular weight is 185 g/mol. The van der Waals surface area contributed by atoms with Crippen LogP contribution in [-0.2, 0) is 0 Å². The largest absolute Gasteiger partial charge is 0.264 e. The lowest BCUT2D eigenvalue weighted by atomic mass is 10.1. The van der Waals surface area contributed by atoms with Gasteiger partial charge in [-0.25, -0.2) is 0 Å². The Bertz CT molecular complexity index is 355. The third-order valence-electron chi connectivity index (χ3n) is 1.89. The van der Waals surface area contributed by atoms with Crippen LogP contribution in [0.15, 0.2) is 48.1 Å². The van der Waals surface area contributed by atoms with E-state index in [2.05, 4.69) is 42.8 Å². The van der Waals surface area contributed by atoms with Gasteiger partial charge in [0.05, 0.1) is 0 Å². The number of aliphatic imine (C=N–C) groups is 1. The van der Waals surface area contributed by atoms with Crippen molar-refractivity contribution in [1.29, 1.82) is 0 Å². The van der Waals surface area contributed by atoms with Crippen LogP contribution in [0.5, 0.6) is 0 Å². The Morgan fingerprint density at radius 2 is 1.93 bits per heavy atom. The van der Waals surface area contributed by atoms with Crippen LogP contribution < -0.4 is 0 Å². The van der Waals surface area contributed by atoms with Crippen molar-refractivity contribution in [2.24, 2.45) is 4.99 Å². The van der Waals surface area contributed by atoms with Crippen molar-refractivity contribution in [3.8, 4) is 0 Å². The summed E-state index contributed by atoms with van der Waals surface area (Å²) in [7, 11) is 0. The molecule has 0 amide bonds. The molecule has 0 aliphatic heterocycles. The molecule has 72 valence electrons. The molecule has 14 heavy (non-hydrogen) atoms. The predicted molar refractivity (Wildman–Crippen MR) is 63.5 cm³/mol. The van der Waals surface area contributed by atoms with E-state index in [-0.39, 0.29) is 0 Å². The van der Waals surface area contributed by atoms with Crippen molar-refractivity contribution < 1.29 is 0 Å². The monoisotopic (exact) mass is 185 g/mol. The Balaban J connectivity index is 2.75. The van der Waals surface area contributed by atoms with Gasteiger partial charge in [0.2, 0.25) is 0 Å². The molecule has 0 radical (unpaired) electrons. The zero-order chi connectivity index (χ0) is 10.4. The van der Waals surface area contributed by atoms with E-state index < -0.39 is 0 Å². The van der Waals surface area contributed by atoms with Crippen LogP contribution in [0, 0.1) is 6.92 Å². The van der Waals surface area contributed by atoms with Gasteiger partial charge in [-0.3, -0.25) is 4.99 Å². The highest BCUT2D eigenvalue weighted by Gasteiger charge is 1.93. The molecule has 1 nitrogen and oxygen atoms in total. The van der Waals surface area contributed by atoms with E-state index in [0.29, 0.717) is 0 Å². The van der Waals surface area contributed by atoms with E-state index in [1.807, 2.05) is 13.0 Å². The summed E-state index contributed by atoms with van der Waals surface area (Å²) >= 11 is 0. The predicted octanol–water partition coefficient (Wildman–Crippen LogP) is 3.61. The van der Waals surface area contributed by atoms with Gasteiger partial charge in [-0.1, -0.05) is 42.5 Å². The van der Waals surface area contributed by atoms with Gasteiger partial charge in [0.1, 0.15) is 0 Å². The third-order valence-corrected chi connectivity index (χ3v) is 1.89. The Morgan fingerprint density at radius 3 is 2.50 bits per heavy atom. The molecule has 0 bridgehead atoms. The van der Waals surface area contributed by atoms with Crippen LogP contribution in [0.25, 0.3) is 5.57 Å². The highest BCUT2D eigenvalue weighted by Crippen LogP contribution is 2.11. The highest BCUT2D eigenvalue weighted by atomic mass is 14.7. The first kappa shape index (κ1) is 10.5. The molecule has 0 aliphatic carbocycles. The van der Waals surface area contributed by atoms with Gasteiger partial charge in [0.15, 0.2) is 0 Å². The summed E-state index contributed by atoms with van der Waals surface area (Å²) in [6.07, 6.45) is 5.41. The Labute approximate surface area is 85.5 Å². The van der Waals surface area contributed by atoms with Gasteiger partial charge >= 0.3 is 0 Å². The molecule has 0 aliphatic rings. The minimum absolute atomic E-state index is 0.933. The number of allylic oxidation sites excluding steroid dienone is 2. The van der Waals surface area contributed by atoms with E-state index in [9.17, 15) is 0 Å². The van der Waals surface area contributed by atoms with Crippen molar-refractivity contribution in [3.05, 3.63) is 54.2 Å². The molecule has 0 saturated carbocycles. The summed E-state index contributed by atoms with van der Waals surface area (Å²) in [5.74, 6) is 0. The van der Waals surface area contributed by atoms with Crippen LogP contribution in [-0.4, -0.2) is 6.21 Å². The first-order valence-corrected chi connectivity index (χ1v) is 4.64. The summed E-state index contributed by atoms with van der Waals surface area (Å²) in [5, 5.41) is 0. The molecule has 0 unspecified atom stereocenters. The molecule has 0 N–H and O–H groups in total. The lowest BCUT2D eigenvalue weighted by Gasteiger charge is -1.99. The van der Waals surface area contributed by atoms with Gasteiger partial charge in [0, 0.05) is 12.4 Å². The van der Waals surface area contributed by atoms with Crippen LogP contribution in [0.4, 0.5) is 0 Å². The third kappa shape index (κ3) is 3.02. The lowest BCUT2D eigenvalue weighted by molar-refractivity contribution is 1.46. The molecule has 1 aromatic rings. The van der Waals surface area contributed by atoms with Crippen molar-refractivity contribution in [2.45, 2.75) is 13.8 Å². The average Bonchev–Trinajstić information content (AvgIpc) is 2.19. The number of nitrogens with zero attached hydrogens (tertiary/aromatic N) is 1. The molecule has 1 heteroatoms. The van der Waals surface area contributed by atoms with Gasteiger partial charge in [0.25, 0.3) is 0 Å². The van der Waals surface area contributed by atoms with Gasteiger partial charge in [-0.15, -0.1) is 0 Å². The fraction of sp³-hybridized carbons (Fsp3) is 0.154. The topological polar surface area (TPSA) is 12.4 Å². The number of aryl methyl sites for hydroxylation is 1. The van der Waals surface area contributed by atoms with E-state index in [1.54, 1.807) is 12.4 Å². The zero-order valence-electron chi connectivity index (χ0n) is 8.70. The van der Waals surface area contributed by atoms with E-state index >= 15 is 0 Å². The second-order valence-electron chi connectivity index (χ2n) is 3.15. The maximum absolute atomic E-state index is 4.08. The van der Waals surface area contributed by atoms with Crippen LogP contribution in [0.3, 0.4) is 0 Å². The summed E-state index contributed by atoms with van der Waals surface area (Å²) in [4.78, 5) is 4.08. The Hall–Kier alpha value is -1.63. The summed E-state index contributed by atoms with van der Waals surface area (Å²) < 4.78 is 0. The Morgan fingerprint density at radius 1 is 1.29 bits per heavy atom. The van der Waals surface area contributed by atoms with Crippen molar-refractivity contribution in [1.82, 2.24) is 0 Å². The quantitative estimate of drug-likeness (QED) is 0.638. The Kier molecular flexibility index (Phi) is 3.86. The summed E-state index contributed by atoms with van der Waals surface area (Å²) in [5.41, 5.74) is 3.30. The first-order chi connectivity index (χ1) is 6.74. The van der Waals surface area contributed by atoms with E-state index in [0.717, 1.165) is 11.1 Å². The second-order valence-corrected chi connectivity index (χ2v) is 3.15. The summed E-state index contributed by atoms with van der Waals surface area (Å²) in [6.45, 7) is 7.95. The first-order valence-electron chi connectivity index (χ1n) is 4.64. The van der Waals surface area contributed by atoms with Crippen LogP contribution >= 0.6 is 0 Å². The zero-order valence-corrected chi connectivity index (χ0v) is 8.70. The second kappa shape index (κ2) is 5.18. The fourth-order valence-corrected chi connectivity index (χ4v) is 1.06. The lowest BCUT2D eigenvalue weighted by Crippen LogP contribution is -1.83. The molecule has 0 heterocycles. The minimum atomic E-state index is 0.933. The molecular formula is C13H15N. The van der Waals surface area contributed by atoms with Crippen molar-refractivity contribution in [2.75, 3.05) is 0 Å².